The third-order valence-electron chi connectivity index (χ3n) is 2.22. The van der Waals surface area contributed by atoms with Gasteiger partial charge in [-0.05, 0) is 36.9 Å². The summed E-state index contributed by atoms with van der Waals surface area (Å²) in [5, 5.41) is 9.50. The summed E-state index contributed by atoms with van der Waals surface area (Å²) in [6.45, 7) is 2.87. The first kappa shape index (κ1) is 10.1. The van der Waals surface area contributed by atoms with Crippen molar-refractivity contribution >= 4 is 0 Å². The van der Waals surface area contributed by atoms with Crippen LogP contribution in [-0.2, 0) is 6.42 Å². The molecule has 0 spiro atoms. The lowest BCUT2D eigenvalue weighted by molar-refractivity contribution is 0.455. The second kappa shape index (κ2) is 4.87. The van der Waals surface area contributed by atoms with E-state index in [4.69, 9.17) is 5.73 Å². The molecule has 0 amide bonds. The topological polar surface area (TPSA) is 46.2 Å². The summed E-state index contributed by atoms with van der Waals surface area (Å²) in [4.78, 5) is 0. The van der Waals surface area contributed by atoms with E-state index in [-0.39, 0.29) is 0 Å². The van der Waals surface area contributed by atoms with Crippen molar-refractivity contribution in [3.8, 4) is 5.75 Å². The van der Waals surface area contributed by atoms with E-state index in [1.165, 1.54) is 0 Å². The van der Waals surface area contributed by atoms with Gasteiger partial charge in [0.25, 0.3) is 0 Å². The lowest BCUT2D eigenvalue weighted by Gasteiger charge is -2.10. The molecule has 1 rings (SSSR count). The molecule has 1 aromatic rings. The van der Waals surface area contributed by atoms with Gasteiger partial charge in [-0.3, -0.25) is 0 Å². The molecule has 2 heteroatoms. The van der Waals surface area contributed by atoms with Crippen LogP contribution in [0.4, 0.5) is 0 Å². The molecule has 0 saturated carbocycles. The molecule has 0 aliphatic rings. The normalized spacial score (nSPS) is 12.8. The summed E-state index contributed by atoms with van der Waals surface area (Å²) >= 11 is 0. The lowest BCUT2D eigenvalue weighted by atomic mass is 9.98. The summed E-state index contributed by atoms with van der Waals surface area (Å²) in [7, 11) is 0. The van der Waals surface area contributed by atoms with Gasteiger partial charge in [0.15, 0.2) is 0 Å². The summed E-state index contributed by atoms with van der Waals surface area (Å²) in [5.41, 5.74) is 6.48. The summed E-state index contributed by atoms with van der Waals surface area (Å²) in [5.74, 6) is 0.935. The van der Waals surface area contributed by atoms with Crippen LogP contribution in [0.15, 0.2) is 24.3 Å². The number of phenolic OH excluding ortho intramolecular Hbond substituents is 1. The fourth-order valence-electron chi connectivity index (χ4n) is 1.45. The molecule has 3 N–H and O–H groups in total. The first-order chi connectivity index (χ1) is 6.24. The van der Waals surface area contributed by atoms with Crippen LogP contribution in [0.5, 0.6) is 5.75 Å². The Balaban J connectivity index is 2.58. The van der Waals surface area contributed by atoms with Crippen molar-refractivity contribution in [2.24, 2.45) is 11.7 Å². The highest BCUT2D eigenvalue weighted by Gasteiger charge is 2.05. The highest BCUT2D eigenvalue weighted by atomic mass is 16.3. The average molecular weight is 179 g/mol. The molecule has 2 nitrogen and oxygen atoms in total. The molecule has 0 radical (unpaired) electrons. The SMILES string of the molecule is CC(CCN)Cc1ccccc1O. The van der Waals surface area contributed by atoms with E-state index in [9.17, 15) is 5.11 Å². The monoisotopic (exact) mass is 179 g/mol. The molecule has 0 saturated heterocycles. The van der Waals surface area contributed by atoms with Crippen molar-refractivity contribution in [3.63, 3.8) is 0 Å². The molecule has 1 unspecified atom stereocenters. The fourth-order valence-corrected chi connectivity index (χ4v) is 1.45. The zero-order chi connectivity index (χ0) is 9.68. The van der Waals surface area contributed by atoms with Crippen LogP contribution in [0, 0.1) is 5.92 Å². The third kappa shape index (κ3) is 3.07. The Bertz CT molecular complexity index is 260. The van der Waals surface area contributed by atoms with Crippen LogP contribution < -0.4 is 5.73 Å². The van der Waals surface area contributed by atoms with Crippen molar-refractivity contribution in [1.82, 2.24) is 0 Å². The Hall–Kier alpha value is -1.02. The van der Waals surface area contributed by atoms with E-state index in [2.05, 4.69) is 6.92 Å². The van der Waals surface area contributed by atoms with Crippen LogP contribution in [0.2, 0.25) is 0 Å². The van der Waals surface area contributed by atoms with Gasteiger partial charge >= 0.3 is 0 Å². The molecule has 13 heavy (non-hydrogen) atoms. The molecule has 0 bridgehead atoms. The summed E-state index contributed by atoms with van der Waals surface area (Å²) in [6, 6.07) is 7.48. The van der Waals surface area contributed by atoms with Crippen molar-refractivity contribution in [3.05, 3.63) is 29.8 Å². The zero-order valence-corrected chi connectivity index (χ0v) is 8.03. The number of phenols is 1. The largest absolute Gasteiger partial charge is 0.508 e. The Kier molecular flexibility index (Phi) is 3.77. The smallest absolute Gasteiger partial charge is 0.118 e. The standard InChI is InChI=1S/C11H17NO/c1-9(6-7-12)8-10-4-2-3-5-11(10)13/h2-5,9,13H,6-8,12H2,1H3. The second-order valence-corrected chi connectivity index (χ2v) is 3.52. The quantitative estimate of drug-likeness (QED) is 0.741. The Morgan fingerprint density at radius 1 is 1.38 bits per heavy atom. The van der Waals surface area contributed by atoms with Crippen LogP contribution >= 0.6 is 0 Å². The van der Waals surface area contributed by atoms with Gasteiger partial charge in [0.05, 0.1) is 0 Å². The predicted octanol–water partition coefficient (Wildman–Crippen LogP) is 1.92. The van der Waals surface area contributed by atoms with E-state index in [0.717, 1.165) is 24.9 Å². The molecule has 0 heterocycles. The number of para-hydroxylation sites is 1. The van der Waals surface area contributed by atoms with E-state index in [1.807, 2.05) is 18.2 Å². The van der Waals surface area contributed by atoms with Gasteiger partial charge in [0, 0.05) is 0 Å². The molecular weight excluding hydrogens is 162 g/mol. The number of benzene rings is 1. The molecule has 72 valence electrons. The van der Waals surface area contributed by atoms with Gasteiger partial charge in [0.2, 0.25) is 0 Å². The minimum Gasteiger partial charge on any atom is -0.508 e. The van der Waals surface area contributed by atoms with E-state index < -0.39 is 0 Å². The summed E-state index contributed by atoms with van der Waals surface area (Å²) < 4.78 is 0. The van der Waals surface area contributed by atoms with Crippen molar-refractivity contribution in [1.29, 1.82) is 0 Å². The molecule has 1 atom stereocenters. The van der Waals surface area contributed by atoms with Crippen LogP contribution in [-0.4, -0.2) is 11.7 Å². The molecule has 0 fully saturated rings. The first-order valence-electron chi connectivity index (χ1n) is 4.71. The van der Waals surface area contributed by atoms with E-state index in [0.29, 0.717) is 11.7 Å². The van der Waals surface area contributed by atoms with Gasteiger partial charge in [-0.15, -0.1) is 0 Å². The van der Waals surface area contributed by atoms with Crippen molar-refractivity contribution < 1.29 is 5.11 Å². The zero-order valence-electron chi connectivity index (χ0n) is 8.03. The maximum atomic E-state index is 9.50. The Morgan fingerprint density at radius 3 is 2.69 bits per heavy atom. The van der Waals surface area contributed by atoms with Crippen LogP contribution in [0.3, 0.4) is 0 Å². The second-order valence-electron chi connectivity index (χ2n) is 3.52. The lowest BCUT2D eigenvalue weighted by Crippen LogP contribution is -2.08. The summed E-state index contributed by atoms with van der Waals surface area (Å²) in [6.07, 6.45) is 1.91. The van der Waals surface area contributed by atoms with Crippen LogP contribution in [0.25, 0.3) is 0 Å². The number of hydrogen-bond acceptors (Lipinski definition) is 2. The maximum absolute atomic E-state index is 9.50. The number of aromatic hydroxyl groups is 1. The molecule has 0 aromatic heterocycles. The average Bonchev–Trinajstić information content (AvgIpc) is 2.09. The predicted molar refractivity (Wildman–Crippen MR) is 54.6 cm³/mol. The van der Waals surface area contributed by atoms with Gasteiger partial charge < -0.3 is 10.8 Å². The molecule has 0 aliphatic heterocycles. The molecular formula is C11H17NO. The molecule has 0 aliphatic carbocycles. The number of rotatable bonds is 4. The number of nitrogens with two attached hydrogens (primary N) is 1. The molecule has 1 aromatic carbocycles. The first-order valence-corrected chi connectivity index (χ1v) is 4.71. The minimum absolute atomic E-state index is 0.395. The highest BCUT2D eigenvalue weighted by molar-refractivity contribution is 5.31. The van der Waals surface area contributed by atoms with E-state index in [1.54, 1.807) is 6.07 Å². The highest BCUT2D eigenvalue weighted by Crippen LogP contribution is 2.20. The van der Waals surface area contributed by atoms with Gasteiger partial charge in [-0.25, -0.2) is 0 Å². The maximum Gasteiger partial charge on any atom is 0.118 e. The Labute approximate surface area is 79.4 Å². The third-order valence-corrected chi connectivity index (χ3v) is 2.22. The van der Waals surface area contributed by atoms with Gasteiger partial charge in [-0.2, -0.15) is 0 Å². The van der Waals surface area contributed by atoms with Crippen LogP contribution in [0.1, 0.15) is 18.9 Å². The fraction of sp³-hybridized carbons (Fsp3) is 0.455. The number of hydrogen-bond donors (Lipinski definition) is 2. The van der Waals surface area contributed by atoms with Gasteiger partial charge in [0.1, 0.15) is 5.75 Å². The van der Waals surface area contributed by atoms with Crippen molar-refractivity contribution in [2.75, 3.05) is 6.54 Å². The van der Waals surface area contributed by atoms with E-state index >= 15 is 0 Å². The van der Waals surface area contributed by atoms with Crippen molar-refractivity contribution in [2.45, 2.75) is 19.8 Å². The van der Waals surface area contributed by atoms with Gasteiger partial charge in [-0.1, -0.05) is 25.1 Å². The Morgan fingerprint density at radius 2 is 2.08 bits per heavy atom. The minimum atomic E-state index is 0.395.